The number of aromatic carboxylic acids is 1. The quantitative estimate of drug-likeness (QED) is 0.789. The Morgan fingerprint density at radius 2 is 2.13 bits per heavy atom. The van der Waals surface area contributed by atoms with E-state index in [1.54, 1.807) is 6.20 Å². The van der Waals surface area contributed by atoms with Crippen LogP contribution in [-0.4, -0.2) is 89.7 Å². The molecule has 1 atom stereocenters. The second-order valence-corrected chi connectivity index (χ2v) is 6.07. The molecule has 2 saturated heterocycles. The number of nitrogens with zero attached hydrogens (tertiary/aromatic N) is 3. The maximum atomic E-state index is 11.2. The minimum absolute atomic E-state index is 0.149. The fourth-order valence-corrected chi connectivity index (χ4v) is 3.15. The van der Waals surface area contributed by atoms with Crippen molar-refractivity contribution >= 4 is 5.97 Å². The maximum absolute atomic E-state index is 11.2. The van der Waals surface area contributed by atoms with Crippen LogP contribution in [0.25, 0.3) is 0 Å². The van der Waals surface area contributed by atoms with Crippen LogP contribution in [0, 0.1) is 0 Å². The van der Waals surface area contributed by atoms with E-state index < -0.39 is 5.97 Å². The molecule has 0 unspecified atom stereocenters. The highest BCUT2D eigenvalue weighted by atomic mass is 16.5. The lowest BCUT2D eigenvalue weighted by atomic mass is 10.2. The zero-order chi connectivity index (χ0) is 16.1. The van der Waals surface area contributed by atoms with Gasteiger partial charge in [0.15, 0.2) is 0 Å². The van der Waals surface area contributed by atoms with Gasteiger partial charge in [-0.2, -0.15) is 5.10 Å². The number of morpholine rings is 1. The third kappa shape index (κ3) is 4.51. The molecule has 0 aliphatic carbocycles. The second-order valence-electron chi connectivity index (χ2n) is 6.07. The lowest BCUT2D eigenvalue weighted by Crippen LogP contribution is -2.44. The number of carbonyl (C=O) groups is 1. The fourth-order valence-electron chi connectivity index (χ4n) is 3.15. The Morgan fingerprint density at radius 3 is 2.91 bits per heavy atom. The summed E-state index contributed by atoms with van der Waals surface area (Å²) < 4.78 is 11.4. The van der Waals surface area contributed by atoms with Gasteiger partial charge in [0.2, 0.25) is 0 Å². The van der Waals surface area contributed by atoms with Gasteiger partial charge < -0.3 is 14.6 Å². The number of hydrogen-bond donors (Lipinski definition) is 2. The molecular weight excluding hydrogens is 300 g/mol. The van der Waals surface area contributed by atoms with Crippen LogP contribution in [0.15, 0.2) is 6.20 Å². The first-order valence-corrected chi connectivity index (χ1v) is 8.12. The summed E-state index contributed by atoms with van der Waals surface area (Å²) >= 11 is 0. The Labute approximate surface area is 135 Å². The Bertz CT molecular complexity index is 515. The largest absolute Gasteiger partial charge is 0.477 e. The first kappa shape index (κ1) is 16.4. The molecule has 0 spiro atoms. The van der Waals surface area contributed by atoms with Crippen LogP contribution in [0.2, 0.25) is 0 Å². The van der Waals surface area contributed by atoms with Gasteiger partial charge in [0.25, 0.3) is 0 Å². The summed E-state index contributed by atoms with van der Waals surface area (Å²) in [5, 5.41) is 15.6. The van der Waals surface area contributed by atoms with E-state index in [-0.39, 0.29) is 11.8 Å². The third-order valence-electron chi connectivity index (χ3n) is 4.33. The average Bonchev–Trinajstić information content (AvgIpc) is 2.89. The molecule has 2 aliphatic heterocycles. The zero-order valence-electron chi connectivity index (χ0n) is 13.2. The van der Waals surface area contributed by atoms with Crippen molar-refractivity contribution in [2.24, 2.45) is 0 Å². The van der Waals surface area contributed by atoms with E-state index in [2.05, 4.69) is 20.0 Å². The number of H-pyrrole nitrogens is 1. The molecule has 2 aliphatic rings. The topological polar surface area (TPSA) is 90.9 Å². The van der Waals surface area contributed by atoms with E-state index in [4.69, 9.17) is 9.47 Å². The van der Waals surface area contributed by atoms with E-state index in [1.807, 2.05) is 0 Å². The van der Waals surface area contributed by atoms with Crippen molar-refractivity contribution in [3.8, 4) is 0 Å². The van der Waals surface area contributed by atoms with Gasteiger partial charge in [-0.1, -0.05) is 0 Å². The van der Waals surface area contributed by atoms with E-state index >= 15 is 0 Å². The molecule has 2 N–H and O–H groups in total. The summed E-state index contributed by atoms with van der Waals surface area (Å²) in [5.41, 5.74) is 0.907. The highest BCUT2D eigenvalue weighted by molar-refractivity contribution is 5.86. The van der Waals surface area contributed by atoms with Crippen molar-refractivity contribution in [2.45, 2.75) is 19.1 Å². The Kier molecular flexibility index (Phi) is 5.60. The molecule has 0 bridgehead atoms. The molecule has 0 saturated carbocycles. The van der Waals surface area contributed by atoms with Gasteiger partial charge in [0.05, 0.1) is 25.5 Å². The van der Waals surface area contributed by atoms with Crippen LogP contribution < -0.4 is 0 Å². The Hall–Kier alpha value is -1.48. The molecule has 3 heterocycles. The maximum Gasteiger partial charge on any atom is 0.354 e. The molecule has 8 nitrogen and oxygen atoms in total. The summed E-state index contributed by atoms with van der Waals surface area (Å²) in [6.07, 6.45) is 2.71. The number of ether oxygens (including phenoxy) is 2. The molecule has 0 aromatic carbocycles. The molecular formula is C15H24N4O4. The molecule has 128 valence electrons. The van der Waals surface area contributed by atoms with Crippen molar-refractivity contribution in [1.82, 2.24) is 20.0 Å². The summed E-state index contributed by atoms with van der Waals surface area (Å²) in [7, 11) is 0. The molecule has 2 fully saturated rings. The number of carboxylic acids is 1. The number of carboxylic acid groups (broad SMARTS) is 1. The van der Waals surface area contributed by atoms with E-state index in [0.717, 1.165) is 64.5 Å². The number of nitrogens with one attached hydrogen (secondary N) is 1. The average molecular weight is 324 g/mol. The summed E-state index contributed by atoms with van der Waals surface area (Å²) in [5.74, 6) is -0.964. The molecule has 23 heavy (non-hydrogen) atoms. The monoisotopic (exact) mass is 324 g/mol. The molecule has 3 rings (SSSR count). The van der Waals surface area contributed by atoms with Crippen LogP contribution in [0.5, 0.6) is 0 Å². The molecule has 1 aromatic heterocycles. The van der Waals surface area contributed by atoms with Gasteiger partial charge >= 0.3 is 5.97 Å². The highest BCUT2D eigenvalue weighted by Crippen LogP contribution is 2.14. The summed E-state index contributed by atoms with van der Waals surface area (Å²) in [6.45, 7) is 7.42. The SMILES string of the molecule is O=C(O)c1[nH]ncc1CN1CCCO[C@@H](CN2CCOCC2)C1. The predicted octanol–water partition coefficient (Wildman–Crippen LogP) is 0.0310. The van der Waals surface area contributed by atoms with E-state index in [9.17, 15) is 9.90 Å². The minimum atomic E-state index is -0.964. The van der Waals surface area contributed by atoms with Crippen LogP contribution in [0.4, 0.5) is 0 Å². The molecule has 8 heteroatoms. The summed E-state index contributed by atoms with van der Waals surface area (Å²) in [4.78, 5) is 15.8. The first-order valence-electron chi connectivity index (χ1n) is 8.12. The molecule has 0 radical (unpaired) electrons. The number of rotatable bonds is 5. The smallest absolute Gasteiger partial charge is 0.354 e. The van der Waals surface area contributed by atoms with Gasteiger partial charge in [0, 0.05) is 51.4 Å². The standard InChI is InChI=1S/C15H24N4O4/c20-15(21)14-12(8-16-17-14)9-19-2-1-5-23-13(11-19)10-18-3-6-22-7-4-18/h8,13H,1-7,9-11H2,(H,16,17)(H,20,21)/t13-/m0/s1. The van der Waals surface area contributed by atoms with Gasteiger partial charge in [0.1, 0.15) is 5.69 Å². The highest BCUT2D eigenvalue weighted by Gasteiger charge is 2.24. The van der Waals surface area contributed by atoms with Crippen molar-refractivity contribution in [2.75, 3.05) is 52.5 Å². The Balaban J connectivity index is 1.58. The second kappa shape index (κ2) is 7.87. The first-order chi connectivity index (χ1) is 11.2. The van der Waals surface area contributed by atoms with E-state index in [0.29, 0.717) is 6.54 Å². The van der Waals surface area contributed by atoms with Crippen LogP contribution in [0.3, 0.4) is 0 Å². The van der Waals surface area contributed by atoms with Gasteiger partial charge in [-0.25, -0.2) is 4.79 Å². The Morgan fingerprint density at radius 1 is 1.30 bits per heavy atom. The van der Waals surface area contributed by atoms with E-state index in [1.165, 1.54) is 0 Å². The predicted molar refractivity (Wildman–Crippen MR) is 82.4 cm³/mol. The fraction of sp³-hybridized carbons (Fsp3) is 0.733. The lowest BCUT2D eigenvalue weighted by Gasteiger charge is -2.31. The number of hydrogen-bond acceptors (Lipinski definition) is 6. The van der Waals surface area contributed by atoms with Crippen molar-refractivity contribution in [1.29, 1.82) is 0 Å². The number of aromatic amines is 1. The van der Waals surface area contributed by atoms with Crippen LogP contribution in [-0.2, 0) is 16.0 Å². The van der Waals surface area contributed by atoms with Gasteiger partial charge in [-0.15, -0.1) is 0 Å². The van der Waals surface area contributed by atoms with Crippen molar-refractivity contribution in [3.05, 3.63) is 17.5 Å². The minimum Gasteiger partial charge on any atom is -0.477 e. The van der Waals surface area contributed by atoms with Gasteiger partial charge in [-0.3, -0.25) is 14.9 Å². The van der Waals surface area contributed by atoms with Crippen molar-refractivity contribution in [3.63, 3.8) is 0 Å². The van der Waals surface area contributed by atoms with Crippen LogP contribution in [0.1, 0.15) is 22.5 Å². The van der Waals surface area contributed by atoms with Crippen molar-refractivity contribution < 1.29 is 19.4 Å². The normalized spacial score (nSPS) is 24.4. The van der Waals surface area contributed by atoms with Gasteiger partial charge in [-0.05, 0) is 6.42 Å². The molecule has 1 aromatic rings. The summed E-state index contributed by atoms with van der Waals surface area (Å²) in [6, 6.07) is 0. The van der Waals surface area contributed by atoms with Crippen LogP contribution >= 0.6 is 0 Å². The molecule has 0 amide bonds. The zero-order valence-corrected chi connectivity index (χ0v) is 13.2. The number of aromatic nitrogens is 2. The third-order valence-corrected chi connectivity index (χ3v) is 4.33. The lowest BCUT2D eigenvalue weighted by molar-refractivity contribution is -0.0123.